The number of nitrogens with two attached hydrogens (primary N) is 1. The van der Waals surface area contributed by atoms with Gasteiger partial charge in [-0.15, -0.1) is 0 Å². The first-order valence-electron chi connectivity index (χ1n) is 6.82. The van der Waals surface area contributed by atoms with Crippen molar-refractivity contribution in [2.24, 2.45) is 5.92 Å². The highest BCUT2D eigenvalue weighted by Gasteiger charge is 2.28. The highest BCUT2D eigenvalue weighted by atomic mass is 16.4. The van der Waals surface area contributed by atoms with Crippen LogP contribution in [0.4, 0.5) is 11.4 Å². The summed E-state index contributed by atoms with van der Waals surface area (Å²) in [4.78, 5) is 13.6. The summed E-state index contributed by atoms with van der Waals surface area (Å²) in [5.41, 5.74) is 8.25. The smallest absolute Gasteiger partial charge is 0.337 e. The van der Waals surface area contributed by atoms with Crippen molar-refractivity contribution in [2.45, 2.75) is 39.7 Å². The molecule has 104 valence electrons. The summed E-state index contributed by atoms with van der Waals surface area (Å²) in [5, 5.41) is 9.23. The van der Waals surface area contributed by atoms with E-state index in [9.17, 15) is 9.90 Å². The zero-order valence-electron chi connectivity index (χ0n) is 11.8. The molecule has 0 bridgehead atoms. The molecule has 2 rings (SSSR count). The van der Waals surface area contributed by atoms with Gasteiger partial charge in [-0.1, -0.05) is 13.8 Å². The van der Waals surface area contributed by atoms with E-state index in [4.69, 9.17) is 5.73 Å². The Bertz CT molecular complexity index is 497. The number of hydrogen-bond donors (Lipinski definition) is 2. The van der Waals surface area contributed by atoms with E-state index in [-0.39, 0.29) is 5.56 Å². The van der Waals surface area contributed by atoms with Gasteiger partial charge >= 0.3 is 5.97 Å². The summed E-state index contributed by atoms with van der Waals surface area (Å²) in [6.07, 6.45) is 2.33. The minimum Gasteiger partial charge on any atom is -0.478 e. The average Bonchev–Trinajstić information content (AvgIpc) is 2.81. The molecule has 0 radical (unpaired) electrons. The first-order valence-corrected chi connectivity index (χ1v) is 6.82. The Balaban J connectivity index is 2.43. The van der Waals surface area contributed by atoms with Crippen molar-refractivity contribution in [3.05, 3.63) is 23.3 Å². The molecule has 0 saturated carbocycles. The largest absolute Gasteiger partial charge is 0.478 e. The molecule has 1 fully saturated rings. The van der Waals surface area contributed by atoms with Crippen LogP contribution >= 0.6 is 0 Å². The summed E-state index contributed by atoms with van der Waals surface area (Å²) in [6.45, 7) is 7.29. The van der Waals surface area contributed by atoms with Crippen LogP contribution in [0.1, 0.15) is 42.6 Å². The highest BCUT2D eigenvalue weighted by molar-refractivity contribution is 5.95. The van der Waals surface area contributed by atoms with E-state index >= 15 is 0 Å². The number of rotatable bonds is 3. The normalized spacial score (nSPS) is 19.2. The molecule has 1 aliphatic heterocycles. The third kappa shape index (κ3) is 2.53. The molecular weight excluding hydrogens is 240 g/mol. The first kappa shape index (κ1) is 13.7. The fourth-order valence-corrected chi connectivity index (χ4v) is 2.93. The lowest BCUT2D eigenvalue weighted by atomic mass is 10.0. The number of carboxylic acids is 1. The minimum absolute atomic E-state index is 0.212. The number of benzene rings is 1. The third-order valence-electron chi connectivity index (χ3n) is 4.00. The van der Waals surface area contributed by atoms with E-state index in [1.165, 1.54) is 6.42 Å². The Morgan fingerprint density at radius 1 is 1.47 bits per heavy atom. The van der Waals surface area contributed by atoms with Crippen LogP contribution < -0.4 is 10.6 Å². The van der Waals surface area contributed by atoms with Gasteiger partial charge in [-0.25, -0.2) is 4.79 Å². The molecule has 1 heterocycles. The monoisotopic (exact) mass is 262 g/mol. The fraction of sp³-hybridized carbons (Fsp3) is 0.533. The Hall–Kier alpha value is -1.71. The molecule has 0 aromatic heterocycles. The summed E-state index contributed by atoms with van der Waals surface area (Å²) in [5.74, 6) is -0.392. The van der Waals surface area contributed by atoms with Crippen molar-refractivity contribution < 1.29 is 9.90 Å². The van der Waals surface area contributed by atoms with Gasteiger partial charge in [-0.2, -0.15) is 0 Å². The number of nitrogen functional groups attached to an aromatic ring is 1. The van der Waals surface area contributed by atoms with Gasteiger partial charge in [0.25, 0.3) is 0 Å². The predicted octanol–water partition coefficient (Wildman–Crippen LogP) is 2.90. The predicted molar refractivity (Wildman–Crippen MR) is 77.8 cm³/mol. The van der Waals surface area contributed by atoms with Crippen LogP contribution in [0.25, 0.3) is 0 Å². The molecule has 4 heteroatoms. The van der Waals surface area contributed by atoms with Gasteiger partial charge in [0.05, 0.1) is 5.56 Å². The van der Waals surface area contributed by atoms with Crippen molar-refractivity contribution in [1.29, 1.82) is 0 Å². The van der Waals surface area contributed by atoms with Crippen LogP contribution in [0.2, 0.25) is 0 Å². The summed E-state index contributed by atoms with van der Waals surface area (Å²) >= 11 is 0. The maximum absolute atomic E-state index is 11.3. The molecule has 19 heavy (non-hydrogen) atoms. The SMILES string of the molecule is Cc1cc(N2CCCC2C(C)C)cc(C(=O)O)c1N. The van der Waals surface area contributed by atoms with E-state index in [0.717, 1.165) is 24.2 Å². The third-order valence-corrected chi connectivity index (χ3v) is 4.00. The first-order chi connectivity index (χ1) is 8.91. The molecule has 0 spiro atoms. The molecule has 0 aliphatic carbocycles. The van der Waals surface area contributed by atoms with E-state index in [1.54, 1.807) is 6.07 Å². The van der Waals surface area contributed by atoms with Gasteiger partial charge in [0.2, 0.25) is 0 Å². The number of carboxylic acid groups (broad SMARTS) is 1. The fourth-order valence-electron chi connectivity index (χ4n) is 2.93. The van der Waals surface area contributed by atoms with E-state index in [1.807, 2.05) is 13.0 Å². The lowest BCUT2D eigenvalue weighted by Crippen LogP contribution is -2.33. The average molecular weight is 262 g/mol. The number of aryl methyl sites for hydroxylation is 1. The van der Waals surface area contributed by atoms with Gasteiger partial charge in [0.15, 0.2) is 0 Å². The molecule has 1 aromatic rings. The molecule has 1 aliphatic rings. The standard InChI is InChI=1S/C15H22N2O2/c1-9(2)13-5-4-6-17(13)11-7-10(3)14(16)12(8-11)15(18)19/h7-9,13H,4-6,16H2,1-3H3,(H,18,19). The number of aromatic carboxylic acids is 1. The molecule has 3 N–H and O–H groups in total. The van der Waals surface area contributed by atoms with Crippen molar-refractivity contribution in [1.82, 2.24) is 0 Å². The van der Waals surface area contributed by atoms with Gasteiger partial charge in [-0.3, -0.25) is 0 Å². The van der Waals surface area contributed by atoms with Gasteiger partial charge in [-0.05, 0) is 43.4 Å². The zero-order valence-corrected chi connectivity index (χ0v) is 11.8. The van der Waals surface area contributed by atoms with Crippen molar-refractivity contribution in [3.63, 3.8) is 0 Å². The lowest BCUT2D eigenvalue weighted by Gasteiger charge is -2.30. The summed E-state index contributed by atoms with van der Waals surface area (Å²) in [7, 11) is 0. The Labute approximate surface area is 114 Å². The lowest BCUT2D eigenvalue weighted by molar-refractivity contribution is 0.0698. The second-order valence-corrected chi connectivity index (χ2v) is 5.68. The Kier molecular flexibility index (Phi) is 3.69. The topological polar surface area (TPSA) is 66.6 Å². The second kappa shape index (κ2) is 5.11. The summed E-state index contributed by atoms with van der Waals surface area (Å²) < 4.78 is 0. The van der Waals surface area contributed by atoms with Gasteiger partial charge < -0.3 is 15.7 Å². The van der Waals surface area contributed by atoms with Crippen LogP contribution in [-0.4, -0.2) is 23.7 Å². The van der Waals surface area contributed by atoms with Crippen LogP contribution in [0.5, 0.6) is 0 Å². The number of nitrogens with zero attached hydrogens (tertiary/aromatic N) is 1. The van der Waals surface area contributed by atoms with E-state index < -0.39 is 5.97 Å². The molecule has 4 nitrogen and oxygen atoms in total. The Morgan fingerprint density at radius 3 is 2.74 bits per heavy atom. The van der Waals surface area contributed by atoms with Gasteiger partial charge in [0.1, 0.15) is 0 Å². The highest BCUT2D eigenvalue weighted by Crippen LogP contribution is 2.33. The molecule has 1 saturated heterocycles. The van der Waals surface area contributed by atoms with Crippen molar-refractivity contribution in [2.75, 3.05) is 17.2 Å². The van der Waals surface area contributed by atoms with Crippen LogP contribution in [0.15, 0.2) is 12.1 Å². The van der Waals surface area contributed by atoms with Crippen molar-refractivity contribution in [3.8, 4) is 0 Å². The maximum atomic E-state index is 11.3. The summed E-state index contributed by atoms with van der Waals surface area (Å²) in [6, 6.07) is 4.21. The molecule has 1 aromatic carbocycles. The quantitative estimate of drug-likeness (QED) is 0.822. The van der Waals surface area contributed by atoms with Crippen LogP contribution in [0.3, 0.4) is 0 Å². The molecular formula is C15H22N2O2. The zero-order chi connectivity index (χ0) is 14.2. The number of anilines is 2. The van der Waals surface area contributed by atoms with Crippen LogP contribution in [0, 0.1) is 12.8 Å². The van der Waals surface area contributed by atoms with Crippen LogP contribution in [-0.2, 0) is 0 Å². The molecule has 1 atom stereocenters. The maximum Gasteiger partial charge on any atom is 0.337 e. The Morgan fingerprint density at radius 2 is 2.16 bits per heavy atom. The van der Waals surface area contributed by atoms with E-state index in [2.05, 4.69) is 18.7 Å². The molecule has 0 amide bonds. The minimum atomic E-state index is -0.956. The number of hydrogen-bond acceptors (Lipinski definition) is 3. The number of carbonyl (C=O) groups is 1. The second-order valence-electron chi connectivity index (χ2n) is 5.68. The van der Waals surface area contributed by atoms with Gasteiger partial charge in [0, 0.05) is 24.0 Å². The van der Waals surface area contributed by atoms with Crippen molar-refractivity contribution >= 4 is 17.3 Å². The van der Waals surface area contributed by atoms with E-state index in [0.29, 0.717) is 17.6 Å². The molecule has 1 unspecified atom stereocenters.